The summed E-state index contributed by atoms with van der Waals surface area (Å²) in [5, 5.41) is 3.07. The van der Waals surface area contributed by atoms with Crippen molar-refractivity contribution in [3.8, 4) is 11.8 Å². The Morgan fingerprint density at radius 1 is 1.52 bits per heavy atom. The van der Waals surface area contributed by atoms with Crippen LogP contribution < -0.4 is 11.1 Å². The van der Waals surface area contributed by atoms with Crippen molar-refractivity contribution in [2.45, 2.75) is 31.4 Å². The predicted octanol–water partition coefficient (Wildman–Crippen LogP) is 2.32. The minimum Gasteiger partial charge on any atom is -0.351 e. The quantitative estimate of drug-likeness (QED) is 0.843. The fourth-order valence-electron chi connectivity index (χ4n) is 2.50. The molecule has 21 heavy (non-hydrogen) atoms. The fraction of sp³-hybridized carbons (Fsp3) is 0.471. The van der Waals surface area contributed by atoms with Gasteiger partial charge in [0.15, 0.2) is 0 Å². The summed E-state index contributed by atoms with van der Waals surface area (Å²) in [5.74, 6) is 7.02. The third-order valence-electron chi connectivity index (χ3n) is 3.83. The van der Waals surface area contributed by atoms with Gasteiger partial charge >= 0.3 is 0 Å². The third kappa shape index (κ3) is 4.03. The first-order valence-corrected chi connectivity index (χ1v) is 8.25. The molecule has 3 N–H and O–H groups in total. The normalized spacial score (nSPS) is 20.7. The lowest BCUT2D eigenvalue weighted by molar-refractivity contribution is 0.0949. The summed E-state index contributed by atoms with van der Waals surface area (Å²) >= 11 is 1.95. The van der Waals surface area contributed by atoms with E-state index in [1.807, 2.05) is 36.9 Å². The van der Waals surface area contributed by atoms with E-state index >= 15 is 0 Å². The highest BCUT2D eigenvalue weighted by Gasteiger charge is 2.29. The van der Waals surface area contributed by atoms with Gasteiger partial charge in [0.2, 0.25) is 0 Å². The van der Waals surface area contributed by atoms with Gasteiger partial charge in [-0.3, -0.25) is 4.79 Å². The van der Waals surface area contributed by atoms with E-state index < -0.39 is 0 Å². The molecule has 1 saturated heterocycles. The van der Waals surface area contributed by atoms with Gasteiger partial charge in [-0.1, -0.05) is 17.9 Å². The van der Waals surface area contributed by atoms with Crippen LogP contribution in [0.5, 0.6) is 0 Å². The number of hydrogen-bond donors (Lipinski definition) is 2. The standard InChI is InChI=1S/C17H22N2OS/c1-13-14(7-4-10-18)6-3-8-15(13)16(20)19-12-17(2)9-5-11-21-17/h3,6,8H,5,9-12,18H2,1-2H3,(H,19,20). The average molecular weight is 302 g/mol. The number of benzene rings is 1. The van der Waals surface area contributed by atoms with E-state index in [1.54, 1.807) is 0 Å². The second-order valence-corrected chi connectivity index (χ2v) is 7.25. The van der Waals surface area contributed by atoms with Gasteiger partial charge in [-0.2, -0.15) is 11.8 Å². The molecule has 1 unspecified atom stereocenters. The van der Waals surface area contributed by atoms with Crippen LogP contribution in [0.25, 0.3) is 0 Å². The Labute approximate surface area is 131 Å². The van der Waals surface area contributed by atoms with Crippen molar-refractivity contribution in [1.82, 2.24) is 5.32 Å². The molecule has 0 bridgehead atoms. The lowest BCUT2D eigenvalue weighted by Crippen LogP contribution is -2.37. The van der Waals surface area contributed by atoms with E-state index in [0.29, 0.717) is 18.7 Å². The molecule has 1 heterocycles. The lowest BCUT2D eigenvalue weighted by Gasteiger charge is -2.23. The first-order valence-electron chi connectivity index (χ1n) is 7.26. The fourth-order valence-corrected chi connectivity index (χ4v) is 3.75. The van der Waals surface area contributed by atoms with Gasteiger partial charge in [-0.25, -0.2) is 0 Å². The Kier molecular flexibility index (Phi) is 5.33. The van der Waals surface area contributed by atoms with Crippen LogP contribution in [0.2, 0.25) is 0 Å². The monoisotopic (exact) mass is 302 g/mol. The van der Waals surface area contributed by atoms with Gasteiger partial charge in [0, 0.05) is 22.4 Å². The zero-order valence-electron chi connectivity index (χ0n) is 12.7. The maximum atomic E-state index is 12.4. The van der Waals surface area contributed by atoms with E-state index in [-0.39, 0.29) is 10.7 Å². The molecule has 3 nitrogen and oxygen atoms in total. The number of nitrogens with two attached hydrogens (primary N) is 1. The number of rotatable bonds is 3. The molecule has 0 aliphatic carbocycles. The van der Waals surface area contributed by atoms with E-state index in [4.69, 9.17) is 5.73 Å². The number of nitrogens with one attached hydrogen (secondary N) is 1. The number of amides is 1. The van der Waals surface area contributed by atoms with Gasteiger partial charge in [0.05, 0.1) is 6.54 Å². The van der Waals surface area contributed by atoms with Gasteiger partial charge in [0.1, 0.15) is 0 Å². The van der Waals surface area contributed by atoms with Crippen molar-refractivity contribution < 1.29 is 4.79 Å². The Morgan fingerprint density at radius 3 is 3.00 bits per heavy atom. The molecule has 0 aromatic heterocycles. The zero-order valence-corrected chi connectivity index (χ0v) is 13.5. The second kappa shape index (κ2) is 7.02. The van der Waals surface area contributed by atoms with Crippen LogP contribution in [0.1, 0.15) is 41.3 Å². The van der Waals surface area contributed by atoms with Crippen molar-refractivity contribution in [1.29, 1.82) is 0 Å². The van der Waals surface area contributed by atoms with Crippen LogP contribution in [-0.2, 0) is 0 Å². The zero-order chi connectivity index (χ0) is 15.3. The molecule has 4 heteroatoms. The molecule has 0 spiro atoms. The molecule has 1 fully saturated rings. The van der Waals surface area contributed by atoms with Crippen LogP contribution in [0, 0.1) is 18.8 Å². The largest absolute Gasteiger partial charge is 0.351 e. The predicted molar refractivity (Wildman–Crippen MR) is 89.5 cm³/mol. The number of thioether (sulfide) groups is 1. The van der Waals surface area contributed by atoms with Gasteiger partial charge < -0.3 is 11.1 Å². The summed E-state index contributed by atoms with van der Waals surface area (Å²) in [4.78, 5) is 12.4. The Bertz CT molecular complexity index is 580. The molecule has 1 aromatic carbocycles. The van der Waals surface area contributed by atoms with E-state index in [2.05, 4.69) is 24.1 Å². The molecule has 1 aromatic rings. The van der Waals surface area contributed by atoms with Crippen LogP contribution in [0.15, 0.2) is 18.2 Å². The van der Waals surface area contributed by atoms with Crippen LogP contribution in [0.3, 0.4) is 0 Å². The maximum absolute atomic E-state index is 12.4. The molecule has 1 atom stereocenters. The molecule has 0 radical (unpaired) electrons. The summed E-state index contributed by atoms with van der Waals surface area (Å²) in [6.45, 7) is 5.20. The second-order valence-electron chi connectivity index (χ2n) is 5.57. The van der Waals surface area contributed by atoms with Crippen molar-refractivity contribution in [3.63, 3.8) is 0 Å². The highest BCUT2D eigenvalue weighted by Crippen LogP contribution is 2.37. The minimum absolute atomic E-state index is 0.0161. The van der Waals surface area contributed by atoms with Gasteiger partial charge in [-0.05, 0) is 50.1 Å². The van der Waals surface area contributed by atoms with Gasteiger partial charge in [-0.15, -0.1) is 0 Å². The van der Waals surface area contributed by atoms with Crippen molar-refractivity contribution in [2.75, 3.05) is 18.8 Å². The summed E-state index contributed by atoms with van der Waals surface area (Å²) in [7, 11) is 0. The first-order chi connectivity index (χ1) is 10.1. The Balaban J connectivity index is 2.08. The summed E-state index contributed by atoms with van der Waals surface area (Å²) in [6.07, 6.45) is 2.40. The maximum Gasteiger partial charge on any atom is 0.251 e. The molecule has 2 rings (SSSR count). The van der Waals surface area contributed by atoms with Crippen molar-refractivity contribution in [2.24, 2.45) is 5.73 Å². The molecule has 0 saturated carbocycles. The van der Waals surface area contributed by atoms with Crippen LogP contribution in [0.4, 0.5) is 0 Å². The van der Waals surface area contributed by atoms with Crippen molar-refractivity contribution >= 4 is 17.7 Å². The molecular weight excluding hydrogens is 280 g/mol. The number of carbonyl (C=O) groups is 1. The summed E-state index contributed by atoms with van der Waals surface area (Å²) in [6, 6.07) is 5.64. The number of hydrogen-bond acceptors (Lipinski definition) is 3. The van der Waals surface area contributed by atoms with E-state index in [1.165, 1.54) is 18.6 Å². The van der Waals surface area contributed by atoms with E-state index in [9.17, 15) is 4.79 Å². The van der Waals surface area contributed by atoms with Crippen LogP contribution >= 0.6 is 11.8 Å². The lowest BCUT2D eigenvalue weighted by atomic mass is 10.0. The molecule has 1 aliphatic heterocycles. The highest BCUT2D eigenvalue weighted by molar-refractivity contribution is 8.00. The SMILES string of the molecule is Cc1c(C#CCN)cccc1C(=O)NCC1(C)CCCS1. The Hall–Kier alpha value is -1.44. The summed E-state index contributed by atoms with van der Waals surface area (Å²) < 4.78 is 0.181. The highest BCUT2D eigenvalue weighted by atomic mass is 32.2. The molecular formula is C17H22N2OS. The molecule has 1 aliphatic rings. The van der Waals surface area contributed by atoms with Crippen molar-refractivity contribution in [3.05, 3.63) is 34.9 Å². The first kappa shape index (κ1) is 15.9. The Morgan fingerprint density at radius 2 is 2.33 bits per heavy atom. The molecule has 1 amide bonds. The average Bonchev–Trinajstić information content (AvgIpc) is 2.91. The topological polar surface area (TPSA) is 55.1 Å². The number of carbonyl (C=O) groups excluding carboxylic acids is 1. The van der Waals surface area contributed by atoms with E-state index in [0.717, 1.165) is 11.1 Å². The van der Waals surface area contributed by atoms with Crippen LogP contribution in [-0.4, -0.2) is 29.5 Å². The van der Waals surface area contributed by atoms with Gasteiger partial charge in [0.25, 0.3) is 5.91 Å². The summed E-state index contributed by atoms with van der Waals surface area (Å²) in [5.41, 5.74) is 7.89. The minimum atomic E-state index is -0.0161. The third-order valence-corrected chi connectivity index (χ3v) is 5.37. The smallest absolute Gasteiger partial charge is 0.251 e. The molecule has 112 valence electrons.